The molecule has 3 aromatic heterocycles. The Hall–Kier alpha value is -3.09. The largest absolute Gasteiger partial charge is 0.497 e. The predicted molar refractivity (Wildman–Crippen MR) is 91.8 cm³/mol. The zero-order valence-electron chi connectivity index (χ0n) is 13.1. The number of aromatic amines is 2. The third kappa shape index (κ3) is 2.09. The maximum atomic E-state index is 5.32. The summed E-state index contributed by atoms with van der Waals surface area (Å²) >= 11 is 0. The second-order valence-corrected chi connectivity index (χ2v) is 6.11. The zero-order valence-corrected chi connectivity index (χ0v) is 13.1. The number of hydrogen-bond acceptors (Lipinski definition) is 5. The summed E-state index contributed by atoms with van der Waals surface area (Å²) < 4.78 is 5.32. The first-order valence-corrected chi connectivity index (χ1v) is 7.95. The SMILES string of the molecule is COc1ccc2nc(Nc3cc(C4CC4)[nH]n3)c3[nH]ncc3c2c1. The molecule has 0 unspecified atom stereocenters. The molecule has 1 fully saturated rings. The molecule has 5 rings (SSSR count). The number of pyridine rings is 1. The van der Waals surface area contributed by atoms with Crippen molar-refractivity contribution in [3.05, 3.63) is 36.2 Å². The molecule has 3 N–H and O–H groups in total. The molecule has 1 aliphatic carbocycles. The highest BCUT2D eigenvalue weighted by atomic mass is 16.5. The van der Waals surface area contributed by atoms with Gasteiger partial charge in [-0.1, -0.05) is 0 Å². The van der Waals surface area contributed by atoms with Crippen molar-refractivity contribution in [2.24, 2.45) is 0 Å². The number of aromatic nitrogens is 5. The first kappa shape index (κ1) is 13.4. The number of nitrogens with one attached hydrogen (secondary N) is 3. The van der Waals surface area contributed by atoms with Gasteiger partial charge in [-0.3, -0.25) is 10.2 Å². The van der Waals surface area contributed by atoms with Gasteiger partial charge in [0.25, 0.3) is 0 Å². The van der Waals surface area contributed by atoms with Crippen LogP contribution in [-0.4, -0.2) is 32.5 Å². The van der Waals surface area contributed by atoms with Crippen LogP contribution in [0.1, 0.15) is 24.5 Å². The van der Waals surface area contributed by atoms with Crippen LogP contribution in [0, 0.1) is 0 Å². The molecule has 4 aromatic rings. The Bertz CT molecular complexity index is 1050. The van der Waals surface area contributed by atoms with Crippen LogP contribution in [0.3, 0.4) is 0 Å². The molecular formula is C17H16N6O. The van der Waals surface area contributed by atoms with Crippen LogP contribution in [0.4, 0.5) is 11.6 Å². The number of fused-ring (bicyclic) bond motifs is 3. The zero-order chi connectivity index (χ0) is 16.1. The van der Waals surface area contributed by atoms with Crippen LogP contribution in [0.2, 0.25) is 0 Å². The Morgan fingerprint density at radius 3 is 2.92 bits per heavy atom. The molecule has 1 aliphatic rings. The third-order valence-corrected chi connectivity index (χ3v) is 4.46. The Balaban J connectivity index is 1.62. The molecule has 24 heavy (non-hydrogen) atoms. The highest BCUT2D eigenvalue weighted by Gasteiger charge is 2.25. The van der Waals surface area contributed by atoms with Gasteiger partial charge in [0.2, 0.25) is 0 Å². The summed E-state index contributed by atoms with van der Waals surface area (Å²) in [6, 6.07) is 7.89. The van der Waals surface area contributed by atoms with Crippen LogP contribution >= 0.6 is 0 Å². The van der Waals surface area contributed by atoms with Crippen molar-refractivity contribution in [3.63, 3.8) is 0 Å². The fraction of sp³-hybridized carbons (Fsp3) is 0.235. The average molecular weight is 320 g/mol. The average Bonchev–Trinajstić information content (AvgIpc) is 3.15. The Morgan fingerprint density at radius 2 is 2.08 bits per heavy atom. The lowest BCUT2D eigenvalue weighted by Gasteiger charge is -2.08. The van der Waals surface area contributed by atoms with E-state index >= 15 is 0 Å². The topological polar surface area (TPSA) is 91.5 Å². The second-order valence-electron chi connectivity index (χ2n) is 6.11. The number of rotatable bonds is 4. The lowest BCUT2D eigenvalue weighted by Crippen LogP contribution is -1.96. The predicted octanol–water partition coefficient (Wildman–Crippen LogP) is 3.46. The molecule has 0 atom stereocenters. The molecule has 1 aromatic carbocycles. The number of ether oxygens (including phenoxy) is 1. The third-order valence-electron chi connectivity index (χ3n) is 4.46. The molecular weight excluding hydrogens is 304 g/mol. The van der Waals surface area contributed by atoms with Gasteiger partial charge in [0.05, 0.1) is 18.8 Å². The second kappa shape index (κ2) is 4.95. The van der Waals surface area contributed by atoms with Gasteiger partial charge in [-0.05, 0) is 31.0 Å². The van der Waals surface area contributed by atoms with Crippen LogP contribution in [0.25, 0.3) is 21.8 Å². The molecule has 120 valence electrons. The molecule has 0 spiro atoms. The summed E-state index contributed by atoms with van der Waals surface area (Å²) in [5, 5.41) is 19.9. The number of anilines is 2. The van der Waals surface area contributed by atoms with E-state index in [0.29, 0.717) is 11.7 Å². The molecule has 0 amide bonds. The van der Waals surface area contributed by atoms with E-state index in [1.54, 1.807) is 7.11 Å². The van der Waals surface area contributed by atoms with Crippen molar-refractivity contribution >= 4 is 33.4 Å². The van der Waals surface area contributed by atoms with Crippen LogP contribution in [0.5, 0.6) is 5.75 Å². The van der Waals surface area contributed by atoms with Crippen molar-refractivity contribution in [3.8, 4) is 5.75 Å². The summed E-state index contributed by atoms with van der Waals surface area (Å²) in [5.41, 5.74) is 2.92. The van der Waals surface area contributed by atoms with Gasteiger partial charge >= 0.3 is 0 Å². The van der Waals surface area contributed by atoms with Crippen molar-refractivity contribution in [2.75, 3.05) is 12.4 Å². The van der Waals surface area contributed by atoms with E-state index in [4.69, 9.17) is 9.72 Å². The summed E-state index contributed by atoms with van der Waals surface area (Å²) in [5.74, 6) is 2.92. The van der Waals surface area contributed by atoms with Gasteiger partial charge in [-0.2, -0.15) is 10.2 Å². The summed E-state index contributed by atoms with van der Waals surface area (Å²) in [7, 11) is 1.66. The van der Waals surface area contributed by atoms with Gasteiger partial charge in [0, 0.05) is 28.5 Å². The van der Waals surface area contributed by atoms with E-state index in [2.05, 4.69) is 31.8 Å². The van der Waals surface area contributed by atoms with Crippen molar-refractivity contribution in [1.29, 1.82) is 0 Å². The summed E-state index contributed by atoms with van der Waals surface area (Å²) in [6.45, 7) is 0. The summed E-state index contributed by atoms with van der Waals surface area (Å²) in [6.07, 6.45) is 4.29. The normalized spacial score (nSPS) is 14.4. The minimum absolute atomic E-state index is 0.636. The number of methoxy groups -OCH3 is 1. The lowest BCUT2D eigenvalue weighted by molar-refractivity contribution is 0.415. The molecule has 0 aliphatic heterocycles. The van der Waals surface area contributed by atoms with Crippen LogP contribution in [-0.2, 0) is 0 Å². The maximum absolute atomic E-state index is 5.32. The van der Waals surface area contributed by atoms with Crippen LogP contribution in [0.15, 0.2) is 30.5 Å². The number of H-pyrrole nitrogens is 2. The molecule has 3 heterocycles. The van der Waals surface area contributed by atoms with Gasteiger partial charge < -0.3 is 10.1 Å². The molecule has 0 saturated heterocycles. The van der Waals surface area contributed by atoms with Crippen LogP contribution < -0.4 is 10.1 Å². The highest BCUT2D eigenvalue weighted by molar-refractivity contribution is 6.09. The van der Waals surface area contributed by atoms with E-state index in [9.17, 15) is 0 Å². The molecule has 1 saturated carbocycles. The number of hydrogen-bond donors (Lipinski definition) is 3. The lowest BCUT2D eigenvalue weighted by atomic mass is 10.1. The fourth-order valence-corrected chi connectivity index (χ4v) is 3.02. The van der Waals surface area contributed by atoms with Gasteiger partial charge in [-0.25, -0.2) is 4.98 Å². The van der Waals surface area contributed by atoms with E-state index in [0.717, 1.165) is 33.4 Å². The van der Waals surface area contributed by atoms with E-state index in [-0.39, 0.29) is 0 Å². The van der Waals surface area contributed by atoms with Gasteiger partial charge in [0.1, 0.15) is 11.3 Å². The monoisotopic (exact) mass is 320 g/mol. The fourth-order valence-electron chi connectivity index (χ4n) is 3.02. The molecule has 0 bridgehead atoms. The van der Waals surface area contributed by atoms with Crippen molar-refractivity contribution in [1.82, 2.24) is 25.4 Å². The smallest absolute Gasteiger partial charge is 0.158 e. The van der Waals surface area contributed by atoms with Gasteiger partial charge in [0.15, 0.2) is 11.6 Å². The first-order chi connectivity index (χ1) is 11.8. The maximum Gasteiger partial charge on any atom is 0.158 e. The van der Waals surface area contributed by atoms with Crippen molar-refractivity contribution < 1.29 is 4.74 Å². The molecule has 0 radical (unpaired) electrons. The van der Waals surface area contributed by atoms with Gasteiger partial charge in [-0.15, -0.1) is 0 Å². The Kier molecular flexibility index (Phi) is 2.76. The minimum Gasteiger partial charge on any atom is -0.497 e. The first-order valence-electron chi connectivity index (χ1n) is 7.95. The quantitative estimate of drug-likeness (QED) is 0.535. The number of nitrogens with zero attached hydrogens (tertiary/aromatic N) is 3. The van der Waals surface area contributed by atoms with Crippen molar-refractivity contribution in [2.45, 2.75) is 18.8 Å². The molecule has 7 heteroatoms. The Morgan fingerprint density at radius 1 is 1.17 bits per heavy atom. The van der Waals surface area contributed by atoms with E-state index in [1.807, 2.05) is 24.4 Å². The highest BCUT2D eigenvalue weighted by Crippen LogP contribution is 2.40. The standard InChI is InChI=1S/C17H16N6O/c1-24-10-4-5-13-11(6-10)12-8-18-23-16(12)17(19-13)20-15-7-14(21-22-15)9-2-3-9/h4-9H,2-3H2,1H3,(H,18,23)(H2,19,20,21,22). The Labute approximate surface area is 137 Å². The van der Waals surface area contributed by atoms with E-state index < -0.39 is 0 Å². The molecule has 7 nitrogen and oxygen atoms in total. The summed E-state index contributed by atoms with van der Waals surface area (Å²) in [4.78, 5) is 4.72. The van der Waals surface area contributed by atoms with E-state index in [1.165, 1.54) is 18.5 Å². The minimum atomic E-state index is 0.636. The number of benzene rings is 1.